The summed E-state index contributed by atoms with van der Waals surface area (Å²) in [5, 5.41) is 3.16. The number of methoxy groups -OCH3 is 1. The molecule has 2 amide bonds. The first kappa shape index (κ1) is 16.1. The Balaban J connectivity index is 1.75. The minimum Gasteiger partial charge on any atom is -0.497 e. The largest absolute Gasteiger partial charge is 0.497 e. The number of aryl methyl sites for hydroxylation is 1. The van der Waals surface area contributed by atoms with E-state index in [1.165, 1.54) is 10.5 Å². The summed E-state index contributed by atoms with van der Waals surface area (Å²) >= 11 is 0. The van der Waals surface area contributed by atoms with Gasteiger partial charge in [-0.25, -0.2) is 4.90 Å². The van der Waals surface area contributed by atoms with Crippen LogP contribution in [0, 0.1) is 0 Å². The average Bonchev–Trinajstić information content (AvgIpc) is 2.89. The number of hydrogen-bond acceptors (Lipinski definition) is 4. The van der Waals surface area contributed by atoms with Crippen LogP contribution in [0.25, 0.3) is 0 Å². The molecule has 1 aliphatic rings. The molecule has 1 heterocycles. The lowest BCUT2D eigenvalue weighted by molar-refractivity contribution is -0.121. The van der Waals surface area contributed by atoms with Gasteiger partial charge in [0, 0.05) is 5.69 Å². The van der Waals surface area contributed by atoms with E-state index in [4.69, 9.17) is 4.74 Å². The van der Waals surface area contributed by atoms with Gasteiger partial charge in [-0.15, -0.1) is 0 Å². The first-order valence-electron chi connectivity index (χ1n) is 7.98. The molecular weight excluding hydrogens is 304 g/mol. The molecule has 0 aliphatic carbocycles. The number of hydrogen-bond donors (Lipinski definition) is 1. The van der Waals surface area contributed by atoms with Gasteiger partial charge in [-0.2, -0.15) is 0 Å². The van der Waals surface area contributed by atoms with Gasteiger partial charge in [0.1, 0.15) is 11.8 Å². The summed E-state index contributed by atoms with van der Waals surface area (Å²) in [4.78, 5) is 26.1. The lowest BCUT2D eigenvalue weighted by atomic mass is 10.1. The van der Waals surface area contributed by atoms with E-state index in [1.54, 1.807) is 31.4 Å². The van der Waals surface area contributed by atoms with Crippen LogP contribution in [-0.4, -0.2) is 25.0 Å². The maximum Gasteiger partial charge on any atom is 0.256 e. The topological polar surface area (TPSA) is 58.6 Å². The van der Waals surface area contributed by atoms with Crippen molar-refractivity contribution in [3.8, 4) is 5.75 Å². The second kappa shape index (κ2) is 6.74. The highest BCUT2D eigenvalue weighted by atomic mass is 16.5. The maximum atomic E-state index is 12.6. The predicted molar refractivity (Wildman–Crippen MR) is 93.3 cm³/mol. The fourth-order valence-corrected chi connectivity index (χ4v) is 2.79. The number of carbonyl (C=O) groups is 2. The van der Waals surface area contributed by atoms with Crippen molar-refractivity contribution in [3.63, 3.8) is 0 Å². The van der Waals surface area contributed by atoms with E-state index < -0.39 is 6.04 Å². The molecule has 1 fully saturated rings. The van der Waals surface area contributed by atoms with Crippen molar-refractivity contribution in [1.29, 1.82) is 0 Å². The molecule has 0 saturated carbocycles. The summed E-state index contributed by atoms with van der Waals surface area (Å²) in [6, 6.07) is 14.3. The molecule has 1 aliphatic heterocycles. The molecule has 0 aromatic heterocycles. The van der Waals surface area contributed by atoms with Gasteiger partial charge in [-0.1, -0.05) is 19.1 Å². The molecule has 24 heavy (non-hydrogen) atoms. The minimum absolute atomic E-state index is 0.153. The number of anilines is 2. The fourth-order valence-electron chi connectivity index (χ4n) is 2.79. The number of rotatable bonds is 5. The molecule has 2 aromatic carbocycles. The molecule has 5 nitrogen and oxygen atoms in total. The second-order valence-corrected chi connectivity index (χ2v) is 5.72. The third kappa shape index (κ3) is 3.11. The fraction of sp³-hybridized carbons (Fsp3) is 0.263. The van der Waals surface area contributed by atoms with E-state index in [2.05, 4.69) is 12.2 Å². The number of nitrogens with one attached hydrogen (secondary N) is 1. The molecule has 0 unspecified atom stereocenters. The minimum atomic E-state index is -0.535. The van der Waals surface area contributed by atoms with Crippen molar-refractivity contribution in [1.82, 2.24) is 0 Å². The van der Waals surface area contributed by atoms with Crippen LogP contribution in [0.15, 0.2) is 48.5 Å². The Kier molecular flexibility index (Phi) is 4.51. The van der Waals surface area contributed by atoms with Gasteiger partial charge in [0.2, 0.25) is 5.91 Å². The van der Waals surface area contributed by atoms with Gasteiger partial charge in [-0.05, 0) is 48.4 Å². The molecule has 1 saturated heterocycles. The molecule has 1 atom stereocenters. The lowest BCUT2D eigenvalue weighted by Gasteiger charge is -2.16. The molecular formula is C19H20N2O3. The number of amides is 2. The molecule has 5 heteroatoms. The standard InChI is InChI=1S/C19H20N2O3/c1-3-13-4-6-14(7-5-13)20-17-12-18(22)21(19(17)23)15-8-10-16(24-2)11-9-15/h4-11,17,20H,3,12H2,1-2H3/t17-/m0/s1. The summed E-state index contributed by atoms with van der Waals surface area (Å²) in [5.41, 5.74) is 2.64. The highest BCUT2D eigenvalue weighted by Crippen LogP contribution is 2.26. The van der Waals surface area contributed by atoms with Crippen molar-refractivity contribution >= 4 is 23.2 Å². The molecule has 2 aromatic rings. The zero-order valence-corrected chi connectivity index (χ0v) is 13.8. The van der Waals surface area contributed by atoms with E-state index in [0.29, 0.717) is 11.4 Å². The highest BCUT2D eigenvalue weighted by molar-refractivity contribution is 6.23. The van der Waals surface area contributed by atoms with Gasteiger partial charge in [-0.3, -0.25) is 9.59 Å². The van der Waals surface area contributed by atoms with Crippen LogP contribution in [0.2, 0.25) is 0 Å². The van der Waals surface area contributed by atoms with Gasteiger partial charge < -0.3 is 10.1 Å². The van der Waals surface area contributed by atoms with Crippen LogP contribution in [0.3, 0.4) is 0 Å². The van der Waals surface area contributed by atoms with Crippen LogP contribution in [0.1, 0.15) is 18.9 Å². The van der Waals surface area contributed by atoms with Gasteiger partial charge >= 0.3 is 0 Å². The Morgan fingerprint density at radius 1 is 1.08 bits per heavy atom. The van der Waals surface area contributed by atoms with Gasteiger partial charge in [0.25, 0.3) is 5.91 Å². The van der Waals surface area contributed by atoms with Crippen molar-refractivity contribution < 1.29 is 14.3 Å². The lowest BCUT2D eigenvalue weighted by Crippen LogP contribution is -2.34. The molecule has 0 spiro atoms. The zero-order valence-electron chi connectivity index (χ0n) is 13.8. The summed E-state index contributed by atoms with van der Waals surface area (Å²) in [6.07, 6.45) is 1.12. The number of imide groups is 1. The van der Waals surface area contributed by atoms with Crippen LogP contribution >= 0.6 is 0 Å². The smallest absolute Gasteiger partial charge is 0.256 e. The van der Waals surface area contributed by atoms with E-state index in [-0.39, 0.29) is 18.2 Å². The van der Waals surface area contributed by atoms with Crippen molar-refractivity contribution in [2.24, 2.45) is 0 Å². The number of nitrogens with zero attached hydrogens (tertiary/aromatic N) is 1. The normalized spacial score (nSPS) is 17.2. The van der Waals surface area contributed by atoms with Gasteiger partial charge in [0.15, 0.2) is 0 Å². The Morgan fingerprint density at radius 2 is 1.75 bits per heavy atom. The Labute approximate surface area is 141 Å². The quantitative estimate of drug-likeness (QED) is 0.859. The second-order valence-electron chi connectivity index (χ2n) is 5.72. The first-order chi connectivity index (χ1) is 11.6. The van der Waals surface area contributed by atoms with Crippen molar-refractivity contribution in [2.45, 2.75) is 25.8 Å². The summed E-state index contributed by atoms with van der Waals surface area (Å²) in [6.45, 7) is 2.09. The number of carbonyl (C=O) groups excluding carboxylic acids is 2. The van der Waals surface area contributed by atoms with Crippen LogP contribution in [-0.2, 0) is 16.0 Å². The Morgan fingerprint density at radius 3 is 2.33 bits per heavy atom. The molecule has 124 valence electrons. The van der Waals surface area contributed by atoms with E-state index in [0.717, 1.165) is 12.1 Å². The SMILES string of the molecule is CCc1ccc(N[C@H]2CC(=O)N(c3ccc(OC)cc3)C2=O)cc1. The monoisotopic (exact) mass is 324 g/mol. The maximum absolute atomic E-state index is 12.6. The Hall–Kier alpha value is -2.82. The van der Waals surface area contributed by atoms with Crippen LogP contribution in [0.5, 0.6) is 5.75 Å². The third-order valence-corrected chi connectivity index (χ3v) is 4.18. The Bertz CT molecular complexity index is 738. The predicted octanol–water partition coefficient (Wildman–Crippen LogP) is 3.00. The van der Waals surface area contributed by atoms with Crippen molar-refractivity contribution in [3.05, 3.63) is 54.1 Å². The molecule has 3 rings (SSSR count). The zero-order chi connectivity index (χ0) is 17.1. The third-order valence-electron chi connectivity index (χ3n) is 4.18. The van der Waals surface area contributed by atoms with Crippen LogP contribution < -0.4 is 15.0 Å². The van der Waals surface area contributed by atoms with E-state index >= 15 is 0 Å². The summed E-state index contributed by atoms with van der Waals surface area (Å²) in [5.74, 6) is 0.251. The van der Waals surface area contributed by atoms with Crippen LogP contribution in [0.4, 0.5) is 11.4 Å². The molecule has 1 N–H and O–H groups in total. The number of benzene rings is 2. The van der Waals surface area contributed by atoms with E-state index in [1.807, 2.05) is 24.3 Å². The molecule has 0 bridgehead atoms. The average molecular weight is 324 g/mol. The highest BCUT2D eigenvalue weighted by Gasteiger charge is 2.39. The summed E-state index contributed by atoms with van der Waals surface area (Å²) in [7, 11) is 1.57. The van der Waals surface area contributed by atoms with Crippen molar-refractivity contribution in [2.75, 3.05) is 17.3 Å². The van der Waals surface area contributed by atoms with Gasteiger partial charge in [0.05, 0.1) is 19.2 Å². The van der Waals surface area contributed by atoms with E-state index in [9.17, 15) is 9.59 Å². The molecule has 0 radical (unpaired) electrons. The first-order valence-corrected chi connectivity index (χ1v) is 7.98. The number of ether oxygens (including phenoxy) is 1. The summed E-state index contributed by atoms with van der Waals surface area (Å²) < 4.78 is 5.10.